The van der Waals surface area contributed by atoms with Crippen LogP contribution in [0.3, 0.4) is 0 Å². The highest BCUT2D eigenvalue weighted by Crippen LogP contribution is 2.42. The first-order chi connectivity index (χ1) is 17.8. The van der Waals surface area contributed by atoms with Gasteiger partial charge in [0, 0.05) is 10.6 Å². The van der Waals surface area contributed by atoms with Crippen molar-refractivity contribution in [2.24, 2.45) is 0 Å². The van der Waals surface area contributed by atoms with Gasteiger partial charge in [0.15, 0.2) is 5.13 Å². The summed E-state index contributed by atoms with van der Waals surface area (Å²) in [6.07, 6.45) is 1.24. The average molecular weight is 549 g/mol. The number of halogens is 1. The van der Waals surface area contributed by atoms with Crippen LogP contribution in [0.1, 0.15) is 5.56 Å². The summed E-state index contributed by atoms with van der Waals surface area (Å²) in [5, 5.41) is 12.4. The Morgan fingerprint density at radius 2 is 1.81 bits per heavy atom. The molecular formula is C27H17ClN2O5S2. The molecule has 0 spiro atoms. The van der Waals surface area contributed by atoms with Crippen molar-refractivity contribution in [1.82, 2.24) is 9.55 Å². The number of rotatable bonds is 4. The lowest BCUT2D eigenvalue weighted by molar-refractivity contribution is 0.437. The van der Waals surface area contributed by atoms with Gasteiger partial charge in [-0.3, -0.25) is 9.36 Å². The third-order valence-electron chi connectivity index (χ3n) is 6.00. The van der Waals surface area contributed by atoms with Crippen molar-refractivity contribution < 1.29 is 17.9 Å². The van der Waals surface area contributed by atoms with Gasteiger partial charge < -0.3 is 9.52 Å². The summed E-state index contributed by atoms with van der Waals surface area (Å²) in [6.45, 7) is 1.87. The van der Waals surface area contributed by atoms with E-state index in [9.17, 15) is 18.3 Å². The molecule has 0 atom stereocenters. The molecule has 0 aliphatic rings. The fourth-order valence-electron chi connectivity index (χ4n) is 4.28. The predicted molar refractivity (Wildman–Crippen MR) is 144 cm³/mol. The zero-order valence-electron chi connectivity index (χ0n) is 19.2. The van der Waals surface area contributed by atoms with Crippen molar-refractivity contribution >= 4 is 54.7 Å². The molecule has 6 rings (SSSR count). The number of aromatic hydroxyl groups is 1. The fourth-order valence-corrected chi connectivity index (χ4v) is 7.02. The standard InChI is InChI=1S/C27H17ClN2O5S2/c1-15-10-11-19-20(12-15)35-25-22(24(19)31)23(16-6-5-7-17(28)13-16)30(26(25)32)27-29-14-21(36-27)37(33,34)18-8-3-2-4-9-18/h2-14,32H,1H3. The lowest BCUT2D eigenvalue weighted by Gasteiger charge is -2.08. The molecule has 3 heterocycles. The highest BCUT2D eigenvalue weighted by Gasteiger charge is 2.28. The van der Waals surface area contributed by atoms with Gasteiger partial charge in [-0.25, -0.2) is 13.4 Å². The van der Waals surface area contributed by atoms with Crippen LogP contribution in [-0.4, -0.2) is 23.1 Å². The molecule has 0 bridgehead atoms. The van der Waals surface area contributed by atoms with Gasteiger partial charge in [-0.2, -0.15) is 0 Å². The highest BCUT2D eigenvalue weighted by atomic mass is 35.5. The van der Waals surface area contributed by atoms with Crippen molar-refractivity contribution in [1.29, 1.82) is 0 Å². The van der Waals surface area contributed by atoms with E-state index in [0.717, 1.165) is 16.9 Å². The van der Waals surface area contributed by atoms with Crippen LogP contribution in [0.2, 0.25) is 5.02 Å². The number of thiazole rings is 1. The SMILES string of the molecule is Cc1ccc2c(=O)c3c(-c4cccc(Cl)c4)n(-c4ncc(S(=O)(=O)c5ccccc5)s4)c(O)c3oc2c1. The third-order valence-corrected chi connectivity index (χ3v) is 9.45. The van der Waals surface area contributed by atoms with Crippen LogP contribution in [0, 0.1) is 6.92 Å². The number of aryl methyl sites for hydroxylation is 1. The number of sulfone groups is 1. The normalized spacial score (nSPS) is 11.9. The van der Waals surface area contributed by atoms with Gasteiger partial charge in [0.1, 0.15) is 9.79 Å². The smallest absolute Gasteiger partial charge is 0.243 e. The van der Waals surface area contributed by atoms with E-state index in [1.807, 2.05) is 13.0 Å². The molecule has 0 radical (unpaired) electrons. The molecule has 37 heavy (non-hydrogen) atoms. The van der Waals surface area contributed by atoms with Crippen LogP contribution in [0.25, 0.3) is 38.3 Å². The zero-order valence-corrected chi connectivity index (χ0v) is 21.6. The molecule has 6 aromatic rings. The Morgan fingerprint density at radius 1 is 1.03 bits per heavy atom. The summed E-state index contributed by atoms with van der Waals surface area (Å²) in [6, 6.07) is 20.0. The first kappa shape index (κ1) is 23.5. The Hall–Kier alpha value is -3.92. The van der Waals surface area contributed by atoms with E-state index in [2.05, 4.69) is 4.98 Å². The maximum absolute atomic E-state index is 13.7. The van der Waals surface area contributed by atoms with Crippen molar-refractivity contribution in [3.8, 4) is 22.3 Å². The number of hydrogen-bond acceptors (Lipinski definition) is 7. The Labute approximate surface area is 219 Å². The Bertz CT molecular complexity index is 2010. The Kier molecular flexibility index (Phi) is 5.45. The van der Waals surface area contributed by atoms with Gasteiger partial charge in [-0.1, -0.05) is 59.3 Å². The minimum Gasteiger partial charge on any atom is -0.491 e. The number of benzene rings is 3. The maximum atomic E-state index is 13.7. The largest absolute Gasteiger partial charge is 0.491 e. The van der Waals surface area contributed by atoms with Crippen LogP contribution >= 0.6 is 22.9 Å². The van der Waals surface area contributed by atoms with Crippen LogP contribution in [0.4, 0.5) is 0 Å². The number of hydrogen-bond donors (Lipinski definition) is 1. The molecule has 0 saturated heterocycles. The van der Waals surface area contributed by atoms with Crippen molar-refractivity contribution in [3.63, 3.8) is 0 Å². The summed E-state index contributed by atoms with van der Waals surface area (Å²) in [4.78, 5) is 18.1. The van der Waals surface area contributed by atoms with Crippen molar-refractivity contribution in [3.05, 3.63) is 99.8 Å². The molecule has 184 valence electrons. The van der Waals surface area contributed by atoms with Gasteiger partial charge >= 0.3 is 0 Å². The molecule has 0 saturated carbocycles. The van der Waals surface area contributed by atoms with E-state index in [-0.39, 0.29) is 36.5 Å². The molecular weight excluding hydrogens is 532 g/mol. The van der Waals surface area contributed by atoms with Crippen LogP contribution in [-0.2, 0) is 9.84 Å². The average Bonchev–Trinajstić information content (AvgIpc) is 3.48. The predicted octanol–water partition coefficient (Wildman–Crippen LogP) is 6.36. The fraction of sp³-hybridized carbons (Fsp3) is 0.0370. The molecule has 0 unspecified atom stereocenters. The first-order valence-corrected chi connectivity index (χ1v) is 13.8. The van der Waals surface area contributed by atoms with Gasteiger partial charge in [0.05, 0.1) is 27.6 Å². The van der Waals surface area contributed by atoms with Crippen molar-refractivity contribution in [2.75, 3.05) is 0 Å². The minimum atomic E-state index is -3.84. The number of aromatic nitrogens is 2. The van der Waals surface area contributed by atoms with E-state index in [1.54, 1.807) is 54.6 Å². The molecule has 7 nitrogen and oxygen atoms in total. The molecule has 0 aliphatic carbocycles. The topological polar surface area (TPSA) is 102 Å². The van der Waals surface area contributed by atoms with E-state index in [4.69, 9.17) is 16.0 Å². The third kappa shape index (κ3) is 3.74. The zero-order chi connectivity index (χ0) is 25.9. The summed E-state index contributed by atoms with van der Waals surface area (Å²) in [5.74, 6) is -0.372. The monoisotopic (exact) mass is 548 g/mol. The summed E-state index contributed by atoms with van der Waals surface area (Å²) >= 11 is 7.14. The van der Waals surface area contributed by atoms with Crippen LogP contribution in [0.15, 0.2) is 97.3 Å². The summed E-state index contributed by atoms with van der Waals surface area (Å²) in [7, 11) is -3.84. The highest BCUT2D eigenvalue weighted by molar-refractivity contribution is 7.93. The second-order valence-corrected chi connectivity index (χ2v) is 12.1. The van der Waals surface area contributed by atoms with Gasteiger partial charge in [0.25, 0.3) is 0 Å². The van der Waals surface area contributed by atoms with E-state index < -0.39 is 9.84 Å². The molecule has 0 aliphatic heterocycles. The maximum Gasteiger partial charge on any atom is 0.243 e. The number of nitrogens with zero attached hydrogens (tertiary/aromatic N) is 2. The van der Waals surface area contributed by atoms with E-state index >= 15 is 0 Å². The summed E-state index contributed by atoms with van der Waals surface area (Å²) in [5.41, 5.74) is 1.67. The molecule has 3 aromatic carbocycles. The van der Waals surface area contributed by atoms with E-state index in [0.29, 0.717) is 27.2 Å². The first-order valence-electron chi connectivity index (χ1n) is 11.1. The molecule has 1 N–H and O–H groups in total. The van der Waals surface area contributed by atoms with Gasteiger partial charge in [-0.05, 0) is 48.9 Å². The van der Waals surface area contributed by atoms with Gasteiger partial charge in [-0.15, -0.1) is 0 Å². The Morgan fingerprint density at radius 3 is 2.57 bits per heavy atom. The second-order valence-electron chi connectivity index (χ2n) is 8.43. The van der Waals surface area contributed by atoms with E-state index in [1.165, 1.54) is 22.9 Å². The molecule has 0 fully saturated rings. The molecule has 3 aromatic heterocycles. The number of fused-ring (bicyclic) bond motifs is 2. The molecule has 10 heteroatoms. The molecule has 0 amide bonds. The quantitative estimate of drug-likeness (QED) is 0.275. The minimum absolute atomic E-state index is 0.0111. The lowest BCUT2D eigenvalue weighted by Crippen LogP contribution is -2.03. The van der Waals surface area contributed by atoms with Crippen molar-refractivity contribution in [2.45, 2.75) is 16.0 Å². The lowest BCUT2D eigenvalue weighted by atomic mass is 10.1. The summed E-state index contributed by atoms with van der Waals surface area (Å²) < 4.78 is 33.7. The Balaban J connectivity index is 1.68. The van der Waals surface area contributed by atoms with Crippen LogP contribution < -0.4 is 5.43 Å². The second kappa shape index (κ2) is 8.58. The van der Waals surface area contributed by atoms with Crippen LogP contribution in [0.5, 0.6) is 5.88 Å². The van der Waals surface area contributed by atoms with Gasteiger partial charge in [0.2, 0.25) is 26.7 Å².